The molecule has 30 heavy (non-hydrogen) atoms. The van der Waals surface area contributed by atoms with E-state index in [4.69, 9.17) is 11.6 Å². The number of nitrogens with zero attached hydrogens (tertiary/aromatic N) is 2. The molecule has 0 fully saturated rings. The van der Waals surface area contributed by atoms with Crippen molar-refractivity contribution < 1.29 is 14.4 Å². The highest BCUT2D eigenvalue weighted by Crippen LogP contribution is 2.29. The molecule has 2 heterocycles. The van der Waals surface area contributed by atoms with Gasteiger partial charge in [0.15, 0.2) is 0 Å². The minimum absolute atomic E-state index is 0.288. The van der Waals surface area contributed by atoms with E-state index in [1.54, 1.807) is 35.6 Å². The molecule has 0 saturated heterocycles. The van der Waals surface area contributed by atoms with Gasteiger partial charge in [-0.3, -0.25) is 19.3 Å². The predicted molar refractivity (Wildman–Crippen MR) is 116 cm³/mol. The van der Waals surface area contributed by atoms with Crippen LogP contribution in [0, 0.1) is 6.92 Å². The number of carbonyl (C=O) groups excluding carboxylic acids is 3. The lowest BCUT2D eigenvalue weighted by Gasteiger charge is -2.13. The van der Waals surface area contributed by atoms with E-state index in [-0.39, 0.29) is 12.5 Å². The third-order valence-electron chi connectivity index (χ3n) is 4.84. The Morgan fingerprint density at radius 1 is 1.07 bits per heavy atom. The van der Waals surface area contributed by atoms with Crippen molar-refractivity contribution >= 4 is 40.7 Å². The summed E-state index contributed by atoms with van der Waals surface area (Å²) in [5, 5.41) is 4.36. The number of fused-ring (bicyclic) bond motifs is 1. The van der Waals surface area contributed by atoms with Gasteiger partial charge < -0.3 is 5.32 Å². The second-order valence-corrected chi connectivity index (χ2v) is 8.40. The Bertz CT molecular complexity index is 1110. The number of imide groups is 1. The first kappa shape index (κ1) is 20.3. The fourth-order valence-corrected chi connectivity index (χ4v) is 4.47. The van der Waals surface area contributed by atoms with Crippen LogP contribution in [-0.2, 0) is 11.2 Å². The van der Waals surface area contributed by atoms with Crippen molar-refractivity contribution in [3.05, 3.63) is 75.3 Å². The molecule has 0 atom stereocenters. The number of halogens is 1. The molecular formula is C22H18ClN3O3S. The average molecular weight is 440 g/mol. The van der Waals surface area contributed by atoms with Crippen LogP contribution in [0.15, 0.2) is 48.5 Å². The molecule has 152 valence electrons. The van der Waals surface area contributed by atoms with E-state index in [9.17, 15) is 14.4 Å². The highest BCUT2D eigenvalue weighted by atomic mass is 35.5. The maximum absolute atomic E-state index is 12.4. The molecule has 3 aromatic rings. The summed E-state index contributed by atoms with van der Waals surface area (Å²) in [4.78, 5) is 43.6. The van der Waals surface area contributed by atoms with Crippen molar-refractivity contribution in [3.8, 4) is 10.6 Å². The molecule has 8 heteroatoms. The van der Waals surface area contributed by atoms with Crippen molar-refractivity contribution in [2.75, 3.05) is 13.1 Å². The first-order valence-corrected chi connectivity index (χ1v) is 10.6. The van der Waals surface area contributed by atoms with E-state index in [0.29, 0.717) is 29.1 Å². The van der Waals surface area contributed by atoms with Crippen LogP contribution in [-0.4, -0.2) is 40.7 Å². The summed E-state index contributed by atoms with van der Waals surface area (Å²) in [6, 6.07) is 14.1. The van der Waals surface area contributed by atoms with E-state index >= 15 is 0 Å². The number of hydrogen-bond donors (Lipinski definition) is 1. The minimum Gasteiger partial charge on any atom is -0.354 e. The van der Waals surface area contributed by atoms with Crippen molar-refractivity contribution in [2.24, 2.45) is 0 Å². The lowest BCUT2D eigenvalue weighted by molar-refractivity contribution is -0.121. The number of benzene rings is 2. The Balaban J connectivity index is 1.33. The van der Waals surface area contributed by atoms with Gasteiger partial charge in [0.05, 0.1) is 16.8 Å². The molecule has 0 bridgehead atoms. The van der Waals surface area contributed by atoms with Gasteiger partial charge in [-0.25, -0.2) is 4.98 Å². The molecule has 0 saturated carbocycles. The maximum atomic E-state index is 12.4. The van der Waals surface area contributed by atoms with Gasteiger partial charge in [0.25, 0.3) is 11.8 Å². The van der Waals surface area contributed by atoms with Crippen molar-refractivity contribution in [1.82, 2.24) is 15.2 Å². The highest BCUT2D eigenvalue weighted by Gasteiger charge is 2.36. The minimum atomic E-state index is -0.434. The lowest BCUT2D eigenvalue weighted by Crippen LogP contribution is -2.40. The quantitative estimate of drug-likeness (QED) is 0.593. The van der Waals surface area contributed by atoms with Crippen LogP contribution in [0.1, 0.15) is 31.3 Å². The van der Waals surface area contributed by atoms with Gasteiger partial charge in [0, 0.05) is 28.4 Å². The second-order valence-electron chi connectivity index (χ2n) is 6.88. The summed E-state index contributed by atoms with van der Waals surface area (Å²) in [6.45, 7) is 2.04. The number of hydrogen-bond acceptors (Lipinski definition) is 5. The summed E-state index contributed by atoms with van der Waals surface area (Å²) >= 11 is 7.51. The van der Waals surface area contributed by atoms with E-state index in [1.165, 1.54) is 0 Å². The second kappa shape index (κ2) is 8.38. The number of thiazole rings is 1. The first-order chi connectivity index (χ1) is 14.4. The van der Waals surface area contributed by atoms with Crippen LogP contribution in [0.5, 0.6) is 0 Å². The Morgan fingerprint density at radius 3 is 2.33 bits per heavy atom. The van der Waals surface area contributed by atoms with Crippen LogP contribution in [0.4, 0.5) is 0 Å². The highest BCUT2D eigenvalue weighted by molar-refractivity contribution is 7.15. The van der Waals surface area contributed by atoms with Gasteiger partial charge in [0.2, 0.25) is 5.91 Å². The van der Waals surface area contributed by atoms with Crippen molar-refractivity contribution in [3.63, 3.8) is 0 Å². The van der Waals surface area contributed by atoms with E-state index in [2.05, 4.69) is 10.3 Å². The molecule has 1 aromatic heterocycles. The van der Waals surface area contributed by atoms with Crippen LogP contribution in [0.2, 0.25) is 5.02 Å². The zero-order valence-electron chi connectivity index (χ0n) is 16.1. The maximum Gasteiger partial charge on any atom is 0.262 e. The average Bonchev–Trinajstić information content (AvgIpc) is 3.22. The lowest BCUT2D eigenvalue weighted by atomic mass is 10.1. The number of aromatic nitrogens is 1. The third-order valence-corrected chi connectivity index (χ3v) is 6.36. The van der Waals surface area contributed by atoms with Gasteiger partial charge in [-0.2, -0.15) is 0 Å². The summed E-state index contributed by atoms with van der Waals surface area (Å²) < 4.78 is 0. The van der Waals surface area contributed by atoms with Crippen LogP contribution >= 0.6 is 22.9 Å². The Kier molecular flexibility index (Phi) is 5.65. The topological polar surface area (TPSA) is 79.4 Å². The Labute approximate surface area is 182 Å². The van der Waals surface area contributed by atoms with Gasteiger partial charge in [0.1, 0.15) is 11.6 Å². The van der Waals surface area contributed by atoms with E-state index in [1.807, 2.05) is 31.2 Å². The zero-order valence-corrected chi connectivity index (χ0v) is 17.7. The Hall–Kier alpha value is -3.03. The van der Waals surface area contributed by atoms with Gasteiger partial charge >= 0.3 is 0 Å². The van der Waals surface area contributed by atoms with E-state index < -0.39 is 11.8 Å². The van der Waals surface area contributed by atoms with Gasteiger partial charge in [-0.15, -0.1) is 11.3 Å². The number of carbonyl (C=O) groups is 3. The number of rotatable bonds is 6. The number of nitrogens with one attached hydrogen (secondary N) is 1. The molecule has 6 nitrogen and oxygen atoms in total. The summed E-state index contributed by atoms with van der Waals surface area (Å²) in [5.41, 5.74) is 2.59. The van der Waals surface area contributed by atoms with Crippen LogP contribution < -0.4 is 5.32 Å². The largest absolute Gasteiger partial charge is 0.354 e. The van der Waals surface area contributed by atoms with Crippen molar-refractivity contribution in [2.45, 2.75) is 13.3 Å². The molecule has 4 rings (SSSR count). The molecule has 0 spiro atoms. The Morgan fingerprint density at radius 2 is 1.70 bits per heavy atom. The molecule has 1 aliphatic heterocycles. The molecule has 0 unspecified atom stereocenters. The molecule has 2 aromatic carbocycles. The predicted octanol–water partition coefficient (Wildman–Crippen LogP) is 3.73. The van der Waals surface area contributed by atoms with Gasteiger partial charge in [-0.1, -0.05) is 35.9 Å². The normalized spacial score (nSPS) is 12.9. The van der Waals surface area contributed by atoms with Crippen LogP contribution in [0.25, 0.3) is 10.6 Å². The van der Waals surface area contributed by atoms with Gasteiger partial charge in [-0.05, 0) is 31.2 Å². The molecule has 3 amide bonds. The van der Waals surface area contributed by atoms with E-state index in [0.717, 1.165) is 26.0 Å². The van der Waals surface area contributed by atoms with Crippen LogP contribution in [0.3, 0.4) is 0 Å². The molecule has 1 aliphatic rings. The molecule has 1 N–H and O–H groups in total. The standard InChI is InChI=1S/C22H18ClN3O3S/c1-13-18(30-20(25-13)14-6-8-15(23)9-7-14)10-11-24-19(27)12-26-21(28)16-4-2-3-5-17(16)22(26)29/h2-9H,10-12H2,1H3,(H,24,27). The zero-order chi connectivity index (χ0) is 21.3. The fraction of sp³-hybridized carbons (Fsp3) is 0.182. The SMILES string of the molecule is Cc1nc(-c2ccc(Cl)cc2)sc1CCNC(=O)CN1C(=O)c2ccccc2C1=O. The summed E-state index contributed by atoms with van der Waals surface area (Å²) in [6.07, 6.45) is 0.616. The van der Waals surface area contributed by atoms with Crippen molar-refractivity contribution in [1.29, 1.82) is 0 Å². The molecule has 0 radical (unpaired) electrons. The molecule has 0 aliphatic carbocycles. The smallest absolute Gasteiger partial charge is 0.262 e. The monoisotopic (exact) mass is 439 g/mol. The third kappa shape index (κ3) is 3.99. The number of amides is 3. The first-order valence-electron chi connectivity index (χ1n) is 9.38. The fourth-order valence-electron chi connectivity index (χ4n) is 3.27. The molecular weight excluding hydrogens is 422 g/mol. The summed E-state index contributed by atoms with van der Waals surface area (Å²) in [7, 11) is 0. The number of aryl methyl sites for hydroxylation is 1. The summed E-state index contributed by atoms with van der Waals surface area (Å²) in [5.74, 6) is -1.24.